The summed E-state index contributed by atoms with van der Waals surface area (Å²) in [5.74, 6) is 0.326. The normalized spacial score (nSPS) is 18.3. The molecule has 1 aromatic carbocycles. The van der Waals surface area contributed by atoms with Gasteiger partial charge >= 0.3 is 6.03 Å². The number of carbonyl (C=O) groups excluding carboxylic acids is 1. The predicted molar refractivity (Wildman–Crippen MR) is 108 cm³/mol. The van der Waals surface area contributed by atoms with Crippen molar-refractivity contribution in [2.75, 3.05) is 32.8 Å². The second kappa shape index (κ2) is 9.50. The molecule has 0 unspecified atom stereocenters. The Hall–Kier alpha value is -1.68. The molecule has 0 aromatic heterocycles. The number of rotatable bonds is 3. The smallest absolute Gasteiger partial charge is 0.320 e. The number of halogens is 1. The summed E-state index contributed by atoms with van der Waals surface area (Å²) in [7, 11) is 6.91. The highest BCUT2D eigenvalue weighted by Gasteiger charge is 2.28. The molecular weight excluding hydrogens is 382 g/mol. The van der Waals surface area contributed by atoms with Gasteiger partial charge in [0.25, 0.3) is 0 Å². The molecule has 0 saturated carbocycles. The summed E-state index contributed by atoms with van der Waals surface area (Å²) in [6.07, 6.45) is 3.20. The van der Waals surface area contributed by atoms with Crippen LogP contribution in [0.1, 0.15) is 31.2 Å². The maximum absolute atomic E-state index is 12.7. The monoisotopic (exact) mass is 405 g/mol. The molecule has 0 aliphatic carbocycles. The summed E-state index contributed by atoms with van der Waals surface area (Å²) >= 11 is 0. The van der Waals surface area contributed by atoms with E-state index in [1.165, 1.54) is 0 Å². The first-order valence-corrected chi connectivity index (χ1v) is 11.0. The third-order valence-electron chi connectivity index (χ3n) is 5.48. The van der Waals surface area contributed by atoms with Crippen molar-refractivity contribution in [1.29, 1.82) is 5.26 Å². The number of aliphatic hydroxyl groups is 1. The van der Waals surface area contributed by atoms with Crippen molar-refractivity contribution in [2.45, 2.75) is 30.6 Å². The number of nitriles is 1. The summed E-state index contributed by atoms with van der Waals surface area (Å²) in [5.41, 5.74) is 2.75. The van der Waals surface area contributed by atoms with Gasteiger partial charge in [-0.2, -0.15) is 5.26 Å². The van der Waals surface area contributed by atoms with E-state index in [9.17, 15) is 15.2 Å². The van der Waals surface area contributed by atoms with Crippen LogP contribution in [-0.2, 0) is 0 Å². The van der Waals surface area contributed by atoms with Gasteiger partial charge in [0.05, 0.1) is 11.6 Å². The lowest BCUT2D eigenvalue weighted by Crippen LogP contribution is -2.48. The topological polar surface area (TPSA) is 67.6 Å². The zero-order valence-corrected chi connectivity index (χ0v) is 16.8. The van der Waals surface area contributed by atoms with E-state index in [4.69, 9.17) is 10.7 Å². The molecule has 2 aliphatic heterocycles. The third kappa shape index (κ3) is 4.78. The van der Waals surface area contributed by atoms with Crippen molar-refractivity contribution in [1.82, 2.24) is 9.80 Å². The average Bonchev–Trinajstić information content (AvgIpc) is 2.75. The Kier molecular flexibility index (Phi) is 7.06. The Morgan fingerprint density at radius 1 is 1.15 bits per heavy atom. The minimum Gasteiger partial charge on any atom is -0.396 e. The number of carbonyl (C=O) groups is 1. The fourth-order valence-corrected chi connectivity index (χ4v) is 4.29. The Labute approximate surface area is 169 Å². The molecular formula is C20H24ClN3O2S. The Balaban J connectivity index is 1.62. The van der Waals surface area contributed by atoms with Gasteiger partial charge in [0, 0.05) is 37.7 Å². The van der Waals surface area contributed by atoms with E-state index >= 15 is 0 Å². The van der Waals surface area contributed by atoms with Crippen LogP contribution < -0.4 is 0 Å². The number of benzene rings is 1. The van der Waals surface area contributed by atoms with Crippen LogP contribution in [0.4, 0.5) is 4.79 Å². The summed E-state index contributed by atoms with van der Waals surface area (Å²) in [4.78, 5) is 17.5. The molecule has 1 N–H and O–H groups in total. The van der Waals surface area contributed by atoms with E-state index in [1.54, 1.807) is 0 Å². The van der Waals surface area contributed by atoms with Gasteiger partial charge in [-0.05, 0) is 76.5 Å². The van der Waals surface area contributed by atoms with Crippen molar-refractivity contribution >= 4 is 33.3 Å². The van der Waals surface area contributed by atoms with Gasteiger partial charge in [-0.15, -0.1) is 0 Å². The third-order valence-corrected chi connectivity index (χ3v) is 6.46. The molecule has 2 fully saturated rings. The van der Waals surface area contributed by atoms with E-state index in [0.29, 0.717) is 19.0 Å². The molecule has 2 heterocycles. The highest BCUT2D eigenvalue weighted by molar-refractivity contribution is 8.21. The number of urea groups is 1. The first-order valence-electron chi connectivity index (χ1n) is 9.32. The SMILES string of the molecule is N#CC(=C1CCN(C(=O)N2CCC(CO)CC2)CC1)c1ccc(SCl)cc1. The van der Waals surface area contributed by atoms with Crippen LogP contribution in [-0.4, -0.2) is 53.7 Å². The zero-order valence-electron chi connectivity index (χ0n) is 15.2. The van der Waals surface area contributed by atoms with Crippen molar-refractivity contribution in [2.24, 2.45) is 5.92 Å². The van der Waals surface area contributed by atoms with Crippen LogP contribution in [0.2, 0.25) is 0 Å². The number of likely N-dealkylation sites (tertiary alicyclic amines) is 2. The van der Waals surface area contributed by atoms with Gasteiger partial charge in [0.1, 0.15) is 0 Å². The molecule has 2 aliphatic rings. The second-order valence-corrected chi connectivity index (χ2v) is 8.16. The lowest BCUT2D eigenvalue weighted by molar-refractivity contribution is 0.112. The van der Waals surface area contributed by atoms with Crippen LogP contribution in [0.25, 0.3) is 5.57 Å². The standard InChI is InChI=1S/C20H24ClN3O2S/c21-27-18-3-1-16(2-4-18)19(13-22)17-7-11-24(12-8-17)20(26)23-9-5-15(14-25)6-10-23/h1-4,15,25H,5-12,14H2. The van der Waals surface area contributed by atoms with E-state index in [1.807, 2.05) is 34.1 Å². The first kappa shape index (κ1) is 20.1. The number of hydrogen-bond acceptors (Lipinski definition) is 4. The highest BCUT2D eigenvalue weighted by Crippen LogP contribution is 2.29. The largest absolute Gasteiger partial charge is 0.396 e. The number of allylic oxidation sites excluding steroid dienone is 1. The fraction of sp³-hybridized carbons (Fsp3) is 0.500. The highest BCUT2D eigenvalue weighted by atomic mass is 35.7. The Morgan fingerprint density at radius 2 is 1.74 bits per heavy atom. The predicted octanol–water partition coefficient (Wildman–Crippen LogP) is 4.13. The number of hydrogen-bond donors (Lipinski definition) is 1. The van der Waals surface area contributed by atoms with Crippen LogP contribution >= 0.6 is 21.7 Å². The van der Waals surface area contributed by atoms with E-state index < -0.39 is 0 Å². The maximum Gasteiger partial charge on any atom is 0.320 e. The maximum atomic E-state index is 12.7. The fourth-order valence-electron chi connectivity index (χ4n) is 3.75. The second-order valence-electron chi connectivity index (χ2n) is 7.07. The van der Waals surface area contributed by atoms with Crippen LogP contribution in [0.5, 0.6) is 0 Å². The lowest BCUT2D eigenvalue weighted by atomic mass is 9.94. The molecule has 2 amide bonds. The first-order chi connectivity index (χ1) is 13.2. The molecule has 0 radical (unpaired) electrons. The molecule has 0 atom stereocenters. The lowest BCUT2D eigenvalue weighted by Gasteiger charge is -2.37. The number of nitrogens with zero attached hydrogens (tertiary/aromatic N) is 3. The molecule has 7 heteroatoms. The van der Waals surface area contributed by atoms with Crippen LogP contribution in [0.3, 0.4) is 0 Å². The molecule has 144 valence electrons. The van der Waals surface area contributed by atoms with Crippen molar-refractivity contribution in [3.63, 3.8) is 0 Å². The number of aliphatic hydroxyl groups excluding tert-OH is 1. The van der Waals surface area contributed by atoms with Gasteiger partial charge in [-0.3, -0.25) is 0 Å². The van der Waals surface area contributed by atoms with Crippen LogP contribution in [0.15, 0.2) is 34.7 Å². The summed E-state index contributed by atoms with van der Waals surface area (Å²) in [6.45, 7) is 2.94. The van der Waals surface area contributed by atoms with Gasteiger partial charge in [-0.1, -0.05) is 12.1 Å². The van der Waals surface area contributed by atoms with Gasteiger partial charge < -0.3 is 14.9 Å². The van der Waals surface area contributed by atoms with Crippen molar-refractivity contribution in [3.05, 3.63) is 35.4 Å². The quantitative estimate of drug-likeness (QED) is 0.767. The summed E-state index contributed by atoms with van der Waals surface area (Å²) < 4.78 is 0. The molecule has 2 saturated heterocycles. The molecule has 1 aromatic rings. The average molecular weight is 406 g/mol. The van der Waals surface area contributed by atoms with E-state index in [2.05, 4.69) is 6.07 Å². The number of piperidine rings is 2. The Bertz CT molecular complexity index is 727. The molecule has 27 heavy (non-hydrogen) atoms. The molecule has 3 rings (SSSR count). The van der Waals surface area contributed by atoms with Gasteiger partial charge in [0.2, 0.25) is 0 Å². The van der Waals surface area contributed by atoms with E-state index in [0.717, 1.165) is 71.4 Å². The molecule has 0 spiro atoms. The zero-order chi connectivity index (χ0) is 19.2. The van der Waals surface area contributed by atoms with Crippen molar-refractivity contribution < 1.29 is 9.90 Å². The van der Waals surface area contributed by atoms with Gasteiger partial charge in [0.15, 0.2) is 0 Å². The summed E-state index contributed by atoms with van der Waals surface area (Å²) in [5, 5.41) is 18.9. The summed E-state index contributed by atoms with van der Waals surface area (Å²) in [6, 6.07) is 10.1. The number of amides is 2. The van der Waals surface area contributed by atoms with Crippen molar-refractivity contribution in [3.8, 4) is 6.07 Å². The minimum atomic E-state index is 0.0902. The van der Waals surface area contributed by atoms with Crippen LogP contribution in [0, 0.1) is 17.2 Å². The molecule has 0 bridgehead atoms. The Morgan fingerprint density at radius 3 is 2.26 bits per heavy atom. The van der Waals surface area contributed by atoms with Gasteiger partial charge in [-0.25, -0.2) is 4.79 Å². The van der Waals surface area contributed by atoms with E-state index in [-0.39, 0.29) is 12.6 Å². The minimum absolute atomic E-state index is 0.0902. The molecule has 5 nitrogen and oxygen atoms in total.